The highest BCUT2D eigenvalue weighted by Crippen LogP contribution is 2.21. The van der Waals surface area contributed by atoms with E-state index in [2.05, 4.69) is 0 Å². The molecule has 0 heterocycles. The fraction of sp³-hybridized carbons (Fsp3) is 0.125. The number of methoxy groups -OCH3 is 1. The van der Waals surface area contributed by atoms with E-state index in [1.807, 2.05) is 36.4 Å². The molecule has 0 saturated heterocycles. The van der Waals surface area contributed by atoms with Crippen LogP contribution in [0.25, 0.3) is 17.2 Å². The van der Waals surface area contributed by atoms with Crippen molar-refractivity contribution >= 4 is 6.08 Å². The molecule has 0 aliphatic rings. The summed E-state index contributed by atoms with van der Waals surface area (Å²) < 4.78 is 29.3. The van der Waals surface area contributed by atoms with Crippen LogP contribution in [0.4, 0.5) is 8.78 Å². The van der Waals surface area contributed by atoms with Gasteiger partial charge in [0.05, 0.1) is 6.61 Å². The summed E-state index contributed by atoms with van der Waals surface area (Å²) in [4.78, 5) is 0. The van der Waals surface area contributed by atoms with E-state index < -0.39 is 6.08 Å². The maximum atomic E-state index is 12.1. The second-order valence-electron chi connectivity index (χ2n) is 4.19. The lowest BCUT2D eigenvalue weighted by Crippen LogP contribution is -1.87. The molecule has 0 bridgehead atoms. The van der Waals surface area contributed by atoms with Crippen molar-refractivity contribution in [3.05, 3.63) is 65.7 Å². The van der Waals surface area contributed by atoms with Crippen LogP contribution in [0.15, 0.2) is 54.6 Å². The molecular formula is C16H14F2O. The van der Waals surface area contributed by atoms with Gasteiger partial charge in [0.15, 0.2) is 0 Å². The van der Waals surface area contributed by atoms with Crippen molar-refractivity contribution in [3.63, 3.8) is 0 Å². The van der Waals surface area contributed by atoms with Crippen LogP contribution in [0.1, 0.15) is 11.1 Å². The molecule has 0 aromatic heterocycles. The lowest BCUT2D eigenvalue weighted by molar-refractivity contribution is 0.185. The van der Waals surface area contributed by atoms with Crippen LogP contribution in [0.3, 0.4) is 0 Å². The van der Waals surface area contributed by atoms with Gasteiger partial charge in [-0.15, -0.1) is 0 Å². The van der Waals surface area contributed by atoms with Gasteiger partial charge in [0, 0.05) is 13.2 Å². The molecule has 0 unspecified atom stereocenters. The molecule has 0 N–H and O–H groups in total. The van der Waals surface area contributed by atoms with Crippen LogP contribution < -0.4 is 0 Å². The Bertz CT molecular complexity index is 552. The van der Waals surface area contributed by atoms with Crippen molar-refractivity contribution in [3.8, 4) is 11.1 Å². The van der Waals surface area contributed by atoms with Crippen molar-refractivity contribution in [2.75, 3.05) is 7.11 Å². The predicted octanol–water partition coefficient (Wildman–Crippen LogP) is 4.74. The van der Waals surface area contributed by atoms with Crippen LogP contribution in [-0.4, -0.2) is 7.11 Å². The van der Waals surface area contributed by atoms with Gasteiger partial charge in [0.2, 0.25) is 0 Å². The highest BCUT2D eigenvalue weighted by Gasteiger charge is 1.99. The summed E-state index contributed by atoms with van der Waals surface area (Å²) in [5.74, 6) is 0. The third-order valence-electron chi connectivity index (χ3n) is 2.78. The third kappa shape index (κ3) is 3.73. The molecule has 0 aliphatic carbocycles. The highest BCUT2D eigenvalue weighted by atomic mass is 19.3. The standard InChI is InChI=1S/C16H14F2O/c1-19-11-13-4-8-15(9-5-13)14-6-2-12(3-7-14)10-16(17)18/h2-10H,11H2,1H3. The summed E-state index contributed by atoms with van der Waals surface area (Å²) in [7, 11) is 1.66. The first-order valence-corrected chi connectivity index (χ1v) is 5.90. The Kier molecular flexibility index (Phi) is 4.42. The van der Waals surface area contributed by atoms with E-state index in [0.717, 1.165) is 22.8 Å². The zero-order valence-corrected chi connectivity index (χ0v) is 10.6. The molecule has 0 fully saturated rings. The first kappa shape index (κ1) is 13.4. The van der Waals surface area contributed by atoms with Gasteiger partial charge in [-0.05, 0) is 22.3 Å². The van der Waals surface area contributed by atoms with Crippen molar-refractivity contribution in [1.82, 2.24) is 0 Å². The number of hydrogen-bond acceptors (Lipinski definition) is 1. The average molecular weight is 260 g/mol. The minimum atomic E-state index is -1.68. The zero-order valence-electron chi connectivity index (χ0n) is 10.6. The molecule has 1 nitrogen and oxygen atoms in total. The van der Waals surface area contributed by atoms with Gasteiger partial charge in [-0.1, -0.05) is 48.5 Å². The van der Waals surface area contributed by atoms with E-state index in [4.69, 9.17) is 4.74 Å². The Hall–Kier alpha value is -2.00. The second-order valence-corrected chi connectivity index (χ2v) is 4.19. The Morgan fingerprint density at radius 3 is 1.95 bits per heavy atom. The smallest absolute Gasteiger partial charge is 0.270 e. The molecule has 2 aromatic carbocycles. The van der Waals surface area contributed by atoms with Crippen molar-refractivity contribution in [1.29, 1.82) is 0 Å². The lowest BCUT2D eigenvalue weighted by Gasteiger charge is -2.04. The summed E-state index contributed by atoms with van der Waals surface area (Å²) >= 11 is 0. The van der Waals surface area contributed by atoms with E-state index in [1.54, 1.807) is 19.2 Å². The van der Waals surface area contributed by atoms with Gasteiger partial charge in [-0.3, -0.25) is 0 Å². The number of benzene rings is 2. The molecule has 0 amide bonds. The summed E-state index contributed by atoms with van der Waals surface area (Å²) in [6, 6.07) is 15.0. The number of ether oxygens (including phenoxy) is 1. The Balaban J connectivity index is 2.19. The first-order chi connectivity index (χ1) is 9.19. The number of halogens is 2. The largest absolute Gasteiger partial charge is 0.380 e. The van der Waals surface area contributed by atoms with Gasteiger partial charge < -0.3 is 4.74 Å². The van der Waals surface area contributed by atoms with E-state index in [1.165, 1.54) is 0 Å². The number of hydrogen-bond donors (Lipinski definition) is 0. The van der Waals surface area contributed by atoms with Crippen molar-refractivity contribution in [2.45, 2.75) is 6.61 Å². The van der Waals surface area contributed by atoms with Crippen LogP contribution in [-0.2, 0) is 11.3 Å². The Morgan fingerprint density at radius 2 is 1.47 bits per heavy atom. The van der Waals surface area contributed by atoms with Crippen molar-refractivity contribution < 1.29 is 13.5 Å². The van der Waals surface area contributed by atoms with Gasteiger partial charge in [0.25, 0.3) is 6.08 Å². The molecule has 0 radical (unpaired) electrons. The van der Waals surface area contributed by atoms with Gasteiger partial charge >= 0.3 is 0 Å². The minimum Gasteiger partial charge on any atom is -0.380 e. The molecule has 19 heavy (non-hydrogen) atoms. The lowest BCUT2D eigenvalue weighted by atomic mass is 10.0. The quantitative estimate of drug-likeness (QED) is 0.771. The Labute approximate surface area is 111 Å². The average Bonchev–Trinajstić information content (AvgIpc) is 2.40. The molecule has 98 valence electrons. The van der Waals surface area contributed by atoms with Crippen LogP contribution in [0, 0.1) is 0 Å². The monoisotopic (exact) mass is 260 g/mol. The van der Waals surface area contributed by atoms with E-state index in [0.29, 0.717) is 12.2 Å². The van der Waals surface area contributed by atoms with E-state index in [9.17, 15) is 8.78 Å². The van der Waals surface area contributed by atoms with Crippen LogP contribution in [0.5, 0.6) is 0 Å². The molecule has 0 atom stereocenters. The zero-order chi connectivity index (χ0) is 13.7. The maximum Gasteiger partial charge on any atom is 0.270 e. The minimum absolute atomic E-state index is 0.500. The molecule has 2 aromatic rings. The van der Waals surface area contributed by atoms with Gasteiger partial charge in [-0.25, -0.2) is 0 Å². The summed E-state index contributed by atoms with van der Waals surface area (Å²) in [6.07, 6.45) is -0.831. The maximum absolute atomic E-state index is 12.1. The molecule has 0 spiro atoms. The summed E-state index contributed by atoms with van der Waals surface area (Å²) in [6.45, 7) is 0.583. The fourth-order valence-electron chi connectivity index (χ4n) is 1.86. The van der Waals surface area contributed by atoms with Crippen LogP contribution >= 0.6 is 0 Å². The van der Waals surface area contributed by atoms with Crippen molar-refractivity contribution in [2.24, 2.45) is 0 Å². The number of rotatable bonds is 4. The highest BCUT2D eigenvalue weighted by molar-refractivity contribution is 5.66. The first-order valence-electron chi connectivity index (χ1n) is 5.90. The SMILES string of the molecule is COCc1ccc(-c2ccc(C=C(F)F)cc2)cc1. The topological polar surface area (TPSA) is 9.23 Å². The summed E-state index contributed by atoms with van der Waals surface area (Å²) in [5.41, 5.74) is 3.65. The molecule has 3 heteroatoms. The normalized spacial score (nSPS) is 10.3. The third-order valence-corrected chi connectivity index (χ3v) is 2.78. The molecule has 2 rings (SSSR count). The molecule has 0 aliphatic heterocycles. The van der Waals surface area contributed by atoms with E-state index in [-0.39, 0.29) is 0 Å². The fourth-order valence-corrected chi connectivity index (χ4v) is 1.86. The molecule has 0 saturated carbocycles. The van der Waals surface area contributed by atoms with E-state index >= 15 is 0 Å². The molecular weight excluding hydrogens is 246 g/mol. The van der Waals surface area contributed by atoms with Crippen LogP contribution in [0.2, 0.25) is 0 Å². The van der Waals surface area contributed by atoms with Gasteiger partial charge in [0.1, 0.15) is 0 Å². The Morgan fingerprint density at radius 1 is 0.947 bits per heavy atom. The van der Waals surface area contributed by atoms with Gasteiger partial charge in [-0.2, -0.15) is 8.78 Å². The summed E-state index contributed by atoms with van der Waals surface area (Å²) in [5, 5.41) is 0. The predicted molar refractivity (Wildman–Crippen MR) is 72.8 cm³/mol. The second kappa shape index (κ2) is 6.25.